The molecule has 0 aromatic heterocycles. The van der Waals surface area contributed by atoms with Crippen molar-refractivity contribution in [2.75, 3.05) is 13.1 Å². The maximum Gasteiger partial charge on any atom is 0.243 e. The zero-order valence-electron chi connectivity index (χ0n) is 11.0. The van der Waals surface area contributed by atoms with E-state index in [0.29, 0.717) is 5.41 Å². The third kappa shape index (κ3) is 2.06. The van der Waals surface area contributed by atoms with E-state index in [1.807, 2.05) is 4.90 Å². The summed E-state index contributed by atoms with van der Waals surface area (Å²) in [4.78, 5) is 14.1. The number of amides is 1. The summed E-state index contributed by atoms with van der Waals surface area (Å²) < 4.78 is 0. The Bertz CT molecular complexity index is 338. The van der Waals surface area contributed by atoms with E-state index < -0.39 is 5.41 Å². The predicted octanol–water partition coefficient (Wildman–Crippen LogP) is 2.72. The van der Waals surface area contributed by atoms with Crippen molar-refractivity contribution in [3.05, 3.63) is 0 Å². The minimum atomic E-state index is -0.627. The summed E-state index contributed by atoms with van der Waals surface area (Å²) in [5.74, 6) is 0.0980. The number of nitriles is 1. The lowest BCUT2D eigenvalue weighted by atomic mass is 9.74. The second-order valence-corrected chi connectivity index (χ2v) is 5.69. The van der Waals surface area contributed by atoms with Crippen LogP contribution in [0.4, 0.5) is 0 Å². The number of likely N-dealkylation sites (tertiary alicyclic amines) is 1. The first kappa shape index (κ1) is 12.4. The SMILES string of the molecule is CCC1(CC)CCN(C(=O)C2(C#N)CC2)CC1. The van der Waals surface area contributed by atoms with Gasteiger partial charge in [-0.15, -0.1) is 0 Å². The number of nitrogens with zero attached hydrogens (tertiary/aromatic N) is 2. The molecule has 1 aliphatic heterocycles. The van der Waals surface area contributed by atoms with E-state index in [1.54, 1.807) is 0 Å². The van der Waals surface area contributed by atoms with E-state index in [4.69, 9.17) is 5.26 Å². The van der Waals surface area contributed by atoms with Gasteiger partial charge in [-0.2, -0.15) is 5.26 Å². The largest absolute Gasteiger partial charge is 0.341 e. The van der Waals surface area contributed by atoms with Crippen LogP contribution in [0, 0.1) is 22.2 Å². The highest BCUT2D eigenvalue weighted by atomic mass is 16.2. The van der Waals surface area contributed by atoms with Gasteiger partial charge in [0.2, 0.25) is 5.91 Å². The maximum absolute atomic E-state index is 12.2. The van der Waals surface area contributed by atoms with Crippen molar-refractivity contribution < 1.29 is 4.79 Å². The normalized spacial score (nSPS) is 25.1. The van der Waals surface area contributed by atoms with Crippen LogP contribution < -0.4 is 0 Å². The Labute approximate surface area is 104 Å². The number of rotatable bonds is 3. The predicted molar refractivity (Wildman–Crippen MR) is 66.1 cm³/mol. The fraction of sp³-hybridized carbons (Fsp3) is 0.857. The van der Waals surface area contributed by atoms with E-state index in [0.717, 1.165) is 38.8 Å². The summed E-state index contributed by atoms with van der Waals surface area (Å²) in [6, 6.07) is 2.21. The first-order valence-corrected chi connectivity index (χ1v) is 6.82. The zero-order valence-corrected chi connectivity index (χ0v) is 11.0. The topological polar surface area (TPSA) is 44.1 Å². The molecule has 0 spiro atoms. The second kappa shape index (κ2) is 4.33. The Morgan fingerprint density at radius 2 is 1.71 bits per heavy atom. The highest BCUT2D eigenvalue weighted by Crippen LogP contribution is 2.48. The van der Waals surface area contributed by atoms with Gasteiger partial charge in [-0.3, -0.25) is 4.79 Å². The molecule has 0 radical (unpaired) electrons. The van der Waals surface area contributed by atoms with Gasteiger partial charge in [0.1, 0.15) is 5.41 Å². The molecule has 1 aliphatic carbocycles. The van der Waals surface area contributed by atoms with E-state index in [1.165, 1.54) is 12.8 Å². The van der Waals surface area contributed by atoms with Gasteiger partial charge in [-0.1, -0.05) is 26.7 Å². The molecule has 94 valence electrons. The Hall–Kier alpha value is -1.04. The highest BCUT2D eigenvalue weighted by Gasteiger charge is 2.53. The van der Waals surface area contributed by atoms with Crippen molar-refractivity contribution in [1.82, 2.24) is 4.90 Å². The van der Waals surface area contributed by atoms with E-state index >= 15 is 0 Å². The average Bonchev–Trinajstić information content (AvgIpc) is 3.19. The molecule has 0 aromatic carbocycles. The summed E-state index contributed by atoms with van der Waals surface area (Å²) in [5, 5.41) is 9.06. The first-order valence-electron chi connectivity index (χ1n) is 6.82. The molecule has 0 bridgehead atoms. The van der Waals surface area contributed by atoms with Crippen LogP contribution in [0.25, 0.3) is 0 Å². The van der Waals surface area contributed by atoms with Crippen molar-refractivity contribution in [3.63, 3.8) is 0 Å². The Morgan fingerprint density at radius 3 is 2.06 bits per heavy atom. The van der Waals surface area contributed by atoms with Crippen molar-refractivity contribution in [3.8, 4) is 6.07 Å². The van der Waals surface area contributed by atoms with Gasteiger partial charge >= 0.3 is 0 Å². The molecular formula is C14H22N2O. The van der Waals surface area contributed by atoms with Crippen LogP contribution >= 0.6 is 0 Å². The van der Waals surface area contributed by atoms with Crippen LogP contribution in [0.3, 0.4) is 0 Å². The summed E-state index contributed by atoms with van der Waals surface area (Å²) in [7, 11) is 0. The van der Waals surface area contributed by atoms with Gasteiger partial charge in [0, 0.05) is 13.1 Å². The molecule has 3 nitrogen and oxygen atoms in total. The second-order valence-electron chi connectivity index (χ2n) is 5.69. The molecule has 1 saturated carbocycles. The van der Waals surface area contributed by atoms with E-state index in [2.05, 4.69) is 19.9 Å². The minimum absolute atomic E-state index is 0.0980. The fourth-order valence-electron chi connectivity index (χ4n) is 2.94. The van der Waals surface area contributed by atoms with Crippen LogP contribution in [-0.2, 0) is 4.79 Å². The molecule has 0 atom stereocenters. The quantitative estimate of drug-likeness (QED) is 0.753. The standard InChI is InChI=1S/C14H22N2O/c1-3-13(4-2)7-9-16(10-8-13)12(17)14(11-15)5-6-14/h3-10H2,1-2H3. The lowest BCUT2D eigenvalue weighted by Gasteiger charge is -2.41. The fourth-order valence-corrected chi connectivity index (χ4v) is 2.94. The molecule has 17 heavy (non-hydrogen) atoms. The molecule has 3 heteroatoms. The molecular weight excluding hydrogens is 212 g/mol. The molecule has 1 heterocycles. The summed E-state index contributed by atoms with van der Waals surface area (Å²) in [6.07, 6.45) is 6.15. The highest BCUT2D eigenvalue weighted by molar-refractivity contribution is 5.88. The van der Waals surface area contributed by atoms with Crippen molar-refractivity contribution in [1.29, 1.82) is 5.26 Å². The first-order chi connectivity index (χ1) is 8.11. The van der Waals surface area contributed by atoms with Gasteiger partial charge in [0.25, 0.3) is 0 Å². The minimum Gasteiger partial charge on any atom is -0.341 e. The number of carbonyl (C=O) groups excluding carboxylic acids is 1. The van der Waals surface area contributed by atoms with Gasteiger partial charge in [0.15, 0.2) is 0 Å². The van der Waals surface area contributed by atoms with Crippen LogP contribution in [-0.4, -0.2) is 23.9 Å². The van der Waals surface area contributed by atoms with E-state index in [-0.39, 0.29) is 5.91 Å². The Kier molecular flexibility index (Phi) is 3.16. The Balaban J connectivity index is 1.96. The summed E-state index contributed by atoms with van der Waals surface area (Å²) in [6.45, 7) is 6.20. The number of piperidine rings is 1. The monoisotopic (exact) mass is 234 g/mol. The molecule has 2 fully saturated rings. The van der Waals surface area contributed by atoms with Crippen molar-refractivity contribution >= 4 is 5.91 Å². The molecule has 0 N–H and O–H groups in total. The lowest BCUT2D eigenvalue weighted by molar-refractivity contribution is -0.137. The van der Waals surface area contributed by atoms with Crippen LogP contribution in [0.1, 0.15) is 52.4 Å². The lowest BCUT2D eigenvalue weighted by Crippen LogP contribution is -2.45. The average molecular weight is 234 g/mol. The maximum atomic E-state index is 12.2. The zero-order chi connectivity index (χ0) is 12.5. The van der Waals surface area contributed by atoms with Gasteiger partial charge < -0.3 is 4.90 Å². The summed E-state index contributed by atoms with van der Waals surface area (Å²) in [5.41, 5.74) is -0.182. The number of hydrogen-bond acceptors (Lipinski definition) is 2. The van der Waals surface area contributed by atoms with E-state index in [9.17, 15) is 4.79 Å². The molecule has 1 amide bonds. The van der Waals surface area contributed by atoms with Crippen LogP contribution in [0.5, 0.6) is 0 Å². The van der Waals surface area contributed by atoms with Crippen molar-refractivity contribution in [2.45, 2.75) is 52.4 Å². The summed E-state index contributed by atoms with van der Waals surface area (Å²) >= 11 is 0. The molecule has 2 rings (SSSR count). The van der Waals surface area contributed by atoms with Gasteiger partial charge in [0.05, 0.1) is 6.07 Å². The molecule has 0 unspecified atom stereocenters. The third-order valence-corrected chi connectivity index (χ3v) is 4.98. The van der Waals surface area contributed by atoms with Gasteiger partial charge in [-0.05, 0) is 31.1 Å². The molecule has 0 aromatic rings. The van der Waals surface area contributed by atoms with Crippen molar-refractivity contribution in [2.24, 2.45) is 10.8 Å². The third-order valence-electron chi connectivity index (χ3n) is 4.98. The Morgan fingerprint density at radius 1 is 1.18 bits per heavy atom. The molecule has 1 saturated heterocycles. The van der Waals surface area contributed by atoms with Gasteiger partial charge in [-0.25, -0.2) is 0 Å². The van der Waals surface area contributed by atoms with Crippen LogP contribution in [0.2, 0.25) is 0 Å². The number of carbonyl (C=O) groups is 1. The van der Waals surface area contributed by atoms with Crippen LogP contribution in [0.15, 0.2) is 0 Å². The smallest absolute Gasteiger partial charge is 0.243 e. The number of hydrogen-bond donors (Lipinski definition) is 0. The molecule has 2 aliphatic rings.